The normalized spacial score (nSPS) is 17.1. The monoisotopic (exact) mass is 453 g/mol. The van der Waals surface area contributed by atoms with Gasteiger partial charge in [0.1, 0.15) is 0 Å². The number of amides is 2. The van der Waals surface area contributed by atoms with Crippen LogP contribution in [0.1, 0.15) is 23.7 Å². The van der Waals surface area contributed by atoms with E-state index in [0.29, 0.717) is 40.0 Å². The Morgan fingerprint density at radius 3 is 2.91 bits per heavy atom. The van der Waals surface area contributed by atoms with Gasteiger partial charge in [0.05, 0.1) is 28.3 Å². The first-order chi connectivity index (χ1) is 15.5. The number of anilines is 2. The number of hydrogen-bond donors (Lipinski definition) is 1. The topological polar surface area (TPSA) is 107 Å². The number of benzene rings is 2. The van der Waals surface area contributed by atoms with E-state index in [1.165, 1.54) is 11.3 Å². The Labute approximate surface area is 186 Å². The van der Waals surface area contributed by atoms with Crippen LogP contribution in [0.3, 0.4) is 0 Å². The number of esters is 1. The number of thiazole rings is 1. The van der Waals surface area contributed by atoms with Crippen LogP contribution in [0.5, 0.6) is 11.5 Å². The van der Waals surface area contributed by atoms with Crippen molar-refractivity contribution in [1.29, 1.82) is 0 Å². The van der Waals surface area contributed by atoms with Crippen LogP contribution < -0.4 is 19.7 Å². The zero-order chi connectivity index (χ0) is 22.2. The number of aromatic nitrogens is 1. The van der Waals surface area contributed by atoms with Gasteiger partial charge in [0.25, 0.3) is 0 Å². The van der Waals surface area contributed by atoms with E-state index in [1.807, 2.05) is 0 Å². The van der Waals surface area contributed by atoms with Gasteiger partial charge in [-0.1, -0.05) is 11.3 Å². The molecule has 1 saturated heterocycles. The average Bonchev–Trinajstić information content (AvgIpc) is 3.50. The lowest BCUT2D eigenvalue weighted by Gasteiger charge is -2.17. The summed E-state index contributed by atoms with van der Waals surface area (Å²) < 4.78 is 16.5. The summed E-state index contributed by atoms with van der Waals surface area (Å²) in [5.74, 6) is -0.0911. The fourth-order valence-electron chi connectivity index (χ4n) is 3.71. The van der Waals surface area contributed by atoms with Crippen LogP contribution in [-0.2, 0) is 14.3 Å². The molecule has 1 aromatic heterocycles. The Balaban J connectivity index is 1.28. The first kappa shape index (κ1) is 20.3. The lowest BCUT2D eigenvalue weighted by Crippen LogP contribution is -2.28. The van der Waals surface area contributed by atoms with Gasteiger partial charge in [-0.3, -0.25) is 9.59 Å². The van der Waals surface area contributed by atoms with E-state index in [9.17, 15) is 14.4 Å². The maximum absolute atomic E-state index is 12.8. The summed E-state index contributed by atoms with van der Waals surface area (Å²) in [6.45, 7) is 2.46. The molecule has 10 heteroatoms. The molecular formula is C22H19N3O6S. The molecule has 0 spiro atoms. The SMILES string of the molecule is CCOC(=O)c1ccc2nc(NC(=O)C3CC(=O)N(c4ccc5c(c4)OCO5)C3)sc2c1. The van der Waals surface area contributed by atoms with E-state index in [-0.39, 0.29) is 31.6 Å². The lowest BCUT2D eigenvalue weighted by molar-refractivity contribution is -0.122. The van der Waals surface area contributed by atoms with Crippen LogP contribution >= 0.6 is 11.3 Å². The molecule has 32 heavy (non-hydrogen) atoms. The molecule has 9 nitrogen and oxygen atoms in total. The maximum atomic E-state index is 12.8. The number of carbonyl (C=O) groups excluding carboxylic acids is 3. The molecule has 1 fully saturated rings. The van der Waals surface area contributed by atoms with E-state index >= 15 is 0 Å². The molecule has 5 rings (SSSR count). The standard InChI is InChI=1S/C22H19N3O6S/c1-2-29-21(28)12-3-5-15-18(7-12)32-22(23-15)24-20(27)13-8-19(26)25(10-13)14-4-6-16-17(9-14)31-11-30-16/h3-7,9,13H,2,8,10-11H2,1H3,(H,23,24,27). The highest BCUT2D eigenvalue weighted by Crippen LogP contribution is 2.37. The molecule has 3 heterocycles. The zero-order valence-corrected chi connectivity index (χ0v) is 17.9. The number of fused-ring (bicyclic) bond motifs is 2. The number of nitrogens with zero attached hydrogens (tertiary/aromatic N) is 2. The summed E-state index contributed by atoms with van der Waals surface area (Å²) >= 11 is 1.27. The van der Waals surface area contributed by atoms with Crippen molar-refractivity contribution in [2.75, 3.05) is 30.2 Å². The van der Waals surface area contributed by atoms with E-state index in [0.717, 1.165) is 4.70 Å². The first-order valence-electron chi connectivity index (χ1n) is 10.1. The van der Waals surface area contributed by atoms with Crippen molar-refractivity contribution in [3.05, 3.63) is 42.0 Å². The fourth-order valence-corrected chi connectivity index (χ4v) is 4.62. The molecule has 2 aliphatic rings. The smallest absolute Gasteiger partial charge is 0.338 e. The van der Waals surface area contributed by atoms with Gasteiger partial charge in [-0.05, 0) is 37.3 Å². The van der Waals surface area contributed by atoms with Crippen LogP contribution in [0.25, 0.3) is 10.2 Å². The summed E-state index contributed by atoms with van der Waals surface area (Å²) in [6, 6.07) is 10.3. The molecule has 0 aliphatic carbocycles. The van der Waals surface area contributed by atoms with Crippen molar-refractivity contribution in [1.82, 2.24) is 4.98 Å². The Bertz CT molecular complexity index is 1240. The third-order valence-corrected chi connectivity index (χ3v) is 6.23. The molecule has 2 amide bonds. The molecule has 2 aromatic carbocycles. The second-order valence-corrected chi connectivity index (χ2v) is 8.38. The van der Waals surface area contributed by atoms with Crippen molar-refractivity contribution in [2.24, 2.45) is 5.92 Å². The minimum Gasteiger partial charge on any atom is -0.462 e. The highest BCUT2D eigenvalue weighted by Gasteiger charge is 2.36. The second kappa shape index (κ2) is 8.12. The zero-order valence-electron chi connectivity index (χ0n) is 17.1. The minimum absolute atomic E-state index is 0.109. The van der Waals surface area contributed by atoms with Gasteiger partial charge in [-0.15, -0.1) is 0 Å². The molecule has 0 saturated carbocycles. The molecule has 164 valence electrons. The van der Waals surface area contributed by atoms with Crippen LogP contribution in [-0.4, -0.2) is 42.7 Å². The minimum atomic E-state index is -0.505. The second-order valence-electron chi connectivity index (χ2n) is 7.35. The van der Waals surface area contributed by atoms with Crippen molar-refractivity contribution in [3.8, 4) is 11.5 Å². The van der Waals surface area contributed by atoms with Crippen LogP contribution in [0.4, 0.5) is 10.8 Å². The highest BCUT2D eigenvalue weighted by molar-refractivity contribution is 7.22. The number of carbonyl (C=O) groups is 3. The van der Waals surface area contributed by atoms with Gasteiger partial charge in [-0.2, -0.15) is 0 Å². The number of ether oxygens (including phenoxy) is 3. The molecule has 1 atom stereocenters. The van der Waals surface area contributed by atoms with Gasteiger partial charge in [0, 0.05) is 24.7 Å². The van der Waals surface area contributed by atoms with Crippen molar-refractivity contribution < 1.29 is 28.6 Å². The predicted octanol–water partition coefficient (Wildman–Crippen LogP) is 3.19. The Hall–Kier alpha value is -3.66. The number of rotatable bonds is 5. The number of nitrogens with one attached hydrogen (secondary N) is 1. The molecule has 2 aliphatic heterocycles. The predicted molar refractivity (Wildman–Crippen MR) is 117 cm³/mol. The summed E-state index contributed by atoms with van der Waals surface area (Å²) in [4.78, 5) is 43.3. The maximum Gasteiger partial charge on any atom is 0.338 e. The summed E-state index contributed by atoms with van der Waals surface area (Å²) in [5, 5.41) is 3.23. The average molecular weight is 453 g/mol. The van der Waals surface area contributed by atoms with Crippen molar-refractivity contribution >= 4 is 50.2 Å². The third-order valence-electron chi connectivity index (χ3n) is 5.29. The first-order valence-corrected chi connectivity index (χ1v) is 10.9. The highest BCUT2D eigenvalue weighted by atomic mass is 32.1. The molecule has 1 unspecified atom stereocenters. The van der Waals surface area contributed by atoms with Crippen LogP contribution in [0.15, 0.2) is 36.4 Å². The van der Waals surface area contributed by atoms with E-state index in [1.54, 1.807) is 48.2 Å². The van der Waals surface area contributed by atoms with E-state index < -0.39 is 11.9 Å². The largest absolute Gasteiger partial charge is 0.462 e. The molecule has 0 bridgehead atoms. The molecule has 0 radical (unpaired) electrons. The summed E-state index contributed by atoms with van der Waals surface area (Å²) in [7, 11) is 0. The van der Waals surface area contributed by atoms with Crippen molar-refractivity contribution in [2.45, 2.75) is 13.3 Å². The fraction of sp³-hybridized carbons (Fsp3) is 0.273. The summed E-state index contributed by atoms with van der Waals surface area (Å²) in [5.41, 5.74) is 1.77. The quantitative estimate of drug-likeness (QED) is 0.591. The van der Waals surface area contributed by atoms with Gasteiger partial charge >= 0.3 is 5.97 Å². The molecule has 3 aromatic rings. The Morgan fingerprint density at radius 1 is 1.22 bits per heavy atom. The van der Waals surface area contributed by atoms with Gasteiger partial charge < -0.3 is 24.4 Å². The third kappa shape index (κ3) is 3.73. The van der Waals surface area contributed by atoms with Crippen LogP contribution in [0.2, 0.25) is 0 Å². The Morgan fingerprint density at radius 2 is 2.06 bits per heavy atom. The van der Waals surface area contributed by atoms with Crippen molar-refractivity contribution in [3.63, 3.8) is 0 Å². The molecule has 1 N–H and O–H groups in total. The van der Waals surface area contributed by atoms with Gasteiger partial charge in [0.15, 0.2) is 16.6 Å². The van der Waals surface area contributed by atoms with Gasteiger partial charge in [-0.25, -0.2) is 9.78 Å². The Kier molecular flexibility index (Phi) is 5.14. The van der Waals surface area contributed by atoms with E-state index in [2.05, 4.69) is 10.3 Å². The van der Waals surface area contributed by atoms with E-state index in [4.69, 9.17) is 14.2 Å². The lowest BCUT2D eigenvalue weighted by atomic mass is 10.1. The van der Waals surface area contributed by atoms with Crippen LogP contribution in [0, 0.1) is 5.92 Å². The number of hydrogen-bond acceptors (Lipinski definition) is 8. The van der Waals surface area contributed by atoms with Gasteiger partial charge in [0.2, 0.25) is 18.6 Å². The summed E-state index contributed by atoms with van der Waals surface area (Å²) in [6.07, 6.45) is 0.109. The molecular weight excluding hydrogens is 434 g/mol.